The van der Waals surface area contributed by atoms with Crippen molar-refractivity contribution in [1.82, 2.24) is 0 Å². The van der Waals surface area contributed by atoms with Crippen LogP contribution in [0.15, 0.2) is 11.6 Å². The maximum atomic E-state index is 10.6. The number of rotatable bonds is 3. The van der Waals surface area contributed by atoms with Gasteiger partial charge in [-0.25, -0.2) is 0 Å². The second-order valence-corrected chi connectivity index (χ2v) is 9.96. The van der Waals surface area contributed by atoms with Gasteiger partial charge in [-0.3, -0.25) is 0 Å². The molecule has 0 amide bonds. The number of allylic oxidation sites excluding steroid dienone is 1. The van der Waals surface area contributed by atoms with Crippen LogP contribution in [0.3, 0.4) is 0 Å². The molecule has 0 aromatic rings. The van der Waals surface area contributed by atoms with Gasteiger partial charge in [-0.1, -0.05) is 25.5 Å². The zero-order valence-corrected chi connectivity index (χ0v) is 16.0. The van der Waals surface area contributed by atoms with E-state index in [1.54, 1.807) is 0 Å². The van der Waals surface area contributed by atoms with Crippen LogP contribution in [0.1, 0.15) is 71.6 Å². The van der Waals surface area contributed by atoms with E-state index in [1.165, 1.54) is 31.3 Å². The second kappa shape index (κ2) is 6.35. The Bertz CT molecular complexity index is 543. The fourth-order valence-corrected chi connectivity index (χ4v) is 7.65. The lowest BCUT2D eigenvalue weighted by atomic mass is 9.47. The van der Waals surface area contributed by atoms with Crippen LogP contribution in [0.2, 0.25) is 0 Å². The maximum absolute atomic E-state index is 10.6. The van der Waals surface area contributed by atoms with E-state index in [9.17, 15) is 15.3 Å². The van der Waals surface area contributed by atoms with Gasteiger partial charge >= 0.3 is 0 Å². The number of hydrogen-bond donors (Lipinski definition) is 3. The van der Waals surface area contributed by atoms with Crippen LogP contribution in [-0.4, -0.2) is 34.1 Å². The van der Waals surface area contributed by atoms with Gasteiger partial charge in [0, 0.05) is 6.61 Å². The minimum Gasteiger partial charge on any atom is -0.396 e. The highest BCUT2D eigenvalue weighted by Crippen LogP contribution is 2.66. The van der Waals surface area contributed by atoms with Crippen LogP contribution in [-0.2, 0) is 0 Å². The van der Waals surface area contributed by atoms with Crippen molar-refractivity contribution >= 4 is 0 Å². The van der Waals surface area contributed by atoms with E-state index in [-0.39, 0.29) is 24.2 Å². The zero-order chi connectivity index (χ0) is 17.8. The molecule has 3 fully saturated rings. The van der Waals surface area contributed by atoms with E-state index in [4.69, 9.17) is 0 Å². The third kappa shape index (κ3) is 2.64. The van der Waals surface area contributed by atoms with Gasteiger partial charge in [0.05, 0.1) is 12.2 Å². The van der Waals surface area contributed by atoms with Crippen molar-refractivity contribution in [3.63, 3.8) is 0 Å². The highest BCUT2D eigenvalue weighted by atomic mass is 16.3. The lowest BCUT2D eigenvalue weighted by molar-refractivity contribution is -0.0730. The van der Waals surface area contributed by atoms with Crippen LogP contribution in [0, 0.1) is 34.5 Å². The maximum Gasteiger partial charge on any atom is 0.0595 e. The Morgan fingerprint density at radius 1 is 1.12 bits per heavy atom. The molecule has 0 heterocycles. The molecule has 0 unspecified atom stereocenters. The van der Waals surface area contributed by atoms with Crippen molar-refractivity contribution in [2.45, 2.75) is 83.8 Å². The van der Waals surface area contributed by atoms with Crippen molar-refractivity contribution in [2.75, 3.05) is 6.61 Å². The lowest BCUT2D eigenvalue weighted by Gasteiger charge is -2.58. The molecule has 0 spiro atoms. The molecule has 25 heavy (non-hydrogen) atoms. The number of aliphatic hydroxyl groups excluding tert-OH is 3. The molecule has 3 N–H and O–H groups in total. The summed E-state index contributed by atoms with van der Waals surface area (Å²) in [4.78, 5) is 0. The Kier molecular flexibility index (Phi) is 4.57. The highest BCUT2D eigenvalue weighted by molar-refractivity contribution is 5.25. The first-order chi connectivity index (χ1) is 11.9. The first-order valence-corrected chi connectivity index (χ1v) is 10.6. The molecule has 0 aromatic heterocycles. The molecule has 3 saturated carbocycles. The molecule has 0 saturated heterocycles. The third-order valence-electron chi connectivity index (χ3n) is 9.04. The molecule has 0 aromatic carbocycles. The van der Waals surface area contributed by atoms with E-state index in [0.29, 0.717) is 23.7 Å². The molecule has 4 aliphatic rings. The predicted octanol–water partition coefficient (Wildman–Crippen LogP) is 3.67. The molecule has 3 nitrogen and oxygen atoms in total. The Balaban J connectivity index is 1.60. The predicted molar refractivity (Wildman–Crippen MR) is 98.9 cm³/mol. The SMILES string of the molecule is C[C@]12CC[C@H]3[C@@H](CC=C4C[C@@H](O)CC[C@@]43C)[C@@H]1CC[C@@H]2[C@@H](O)CCO. The first-order valence-electron chi connectivity index (χ1n) is 10.6. The summed E-state index contributed by atoms with van der Waals surface area (Å²) >= 11 is 0. The van der Waals surface area contributed by atoms with Gasteiger partial charge in [0.15, 0.2) is 0 Å². The van der Waals surface area contributed by atoms with Crippen LogP contribution in [0.25, 0.3) is 0 Å². The van der Waals surface area contributed by atoms with E-state index in [2.05, 4.69) is 19.9 Å². The summed E-state index contributed by atoms with van der Waals surface area (Å²) in [5.74, 6) is 2.57. The van der Waals surface area contributed by atoms with Crippen LogP contribution >= 0.6 is 0 Å². The zero-order valence-electron chi connectivity index (χ0n) is 16.0. The molecule has 0 radical (unpaired) electrons. The van der Waals surface area contributed by atoms with Gasteiger partial charge in [0.25, 0.3) is 0 Å². The Morgan fingerprint density at radius 2 is 1.92 bits per heavy atom. The fourth-order valence-electron chi connectivity index (χ4n) is 7.65. The molecule has 0 bridgehead atoms. The van der Waals surface area contributed by atoms with Crippen molar-refractivity contribution < 1.29 is 15.3 Å². The van der Waals surface area contributed by atoms with Gasteiger partial charge < -0.3 is 15.3 Å². The standard InChI is InChI=1S/C22H36O3/c1-21-10-7-15(24)13-14(21)3-4-16-17-5-6-19(20(25)9-12-23)22(17,2)11-8-18(16)21/h3,15-20,23-25H,4-13H2,1-2H3/t15-,16-,17-,18-,19+,20-,21-,22-/m0/s1. The van der Waals surface area contributed by atoms with Gasteiger partial charge in [-0.15, -0.1) is 0 Å². The molecule has 8 atom stereocenters. The Labute approximate surface area is 152 Å². The summed E-state index contributed by atoms with van der Waals surface area (Å²) < 4.78 is 0. The highest BCUT2D eigenvalue weighted by Gasteiger charge is 2.59. The Morgan fingerprint density at radius 3 is 2.68 bits per heavy atom. The molecule has 3 heteroatoms. The summed E-state index contributed by atoms with van der Waals surface area (Å²) in [6, 6.07) is 0. The average Bonchev–Trinajstić information content (AvgIpc) is 2.93. The second-order valence-electron chi connectivity index (χ2n) is 9.96. The fraction of sp³-hybridized carbons (Fsp3) is 0.909. The monoisotopic (exact) mass is 348 g/mol. The molecular weight excluding hydrogens is 312 g/mol. The van der Waals surface area contributed by atoms with Gasteiger partial charge in [-0.05, 0) is 92.3 Å². The number of hydrogen-bond acceptors (Lipinski definition) is 3. The van der Waals surface area contributed by atoms with E-state index >= 15 is 0 Å². The van der Waals surface area contributed by atoms with E-state index < -0.39 is 0 Å². The minimum atomic E-state index is -0.341. The summed E-state index contributed by atoms with van der Waals surface area (Å²) in [6.07, 6.45) is 11.5. The Hall–Kier alpha value is -0.380. The van der Waals surface area contributed by atoms with Crippen LogP contribution in [0.5, 0.6) is 0 Å². The topological polar surface area (TPSA) is 60.7 Å². The smallest absolute Gasteiger partial charge is 0.0595 e. The quantitative estimate of drug-likeness (QED) is 0.682. The minimum absolute atomic E-state index is 0.0942. The molecular formula is C22H36O3. The normalized spacial score (nSPS) is 50.4. The van der Waals surface area contributed by atoms with Gasteiger partial charge in [-0.2, -0.15) is 0 Å². The van der Waals surface area contributed by atoms with Crippen molar-refractivity contribution in [2.24, 2.45) is 34.5 Å². The lowest BCUT2D eigenvalue weighted by Crippen LogP contribution is -2.51. The molecule has 0 aliphatic heterocycles. The molecule has 4 rings (SSSR count). The third-order valence-corrected chi connectivity index (χ3v) is 9.04. The number of fused-ring (bicyclic) bond motifs is 5. The summed E-state index contributed by atoms with van der Waals surface area (Å²) in [5.41, 5.74) is 2.07. The van der Waals surface area contributed by atoms with Gasteiger partial charge in [0.2, 0.25) is 0 Å². The van der Waals surface area contributed by atoms with Crippen molar-refractivity contribution in [1.29, 1.82) is 0 Å². The molecule has 4 aliphatic carbocycles. The largest absolute Gasteiger partial charge is 0.396 e. The molecule has 142 valence electrons. The van der Waals surface area contributed by atoms with E-state index in [1.807, 2.05) is 0 Å². The average molecular weight is 349 g/mol. The van der Waals surface area contributed by atoms with Crippen molar-refractivity contribution in [3.05, 3.63) is 11.6 Å². The first kappa shape index (κ1) is 18.0. The van der Waals surface area contributed by atoms with Gasteiger partial charge in [0.1, 0.15) is 0 Å². The number of aliphatic hydroxyl groups is 3. The van der Waals surface area contributed by atoms with Crippen LogP contribution < -0.4 is 0 Å². The summed E-state index contributed by atoms with van der Waals surface area (Å²) in [6.45, 7) is 4.99. The van der Waals surface area contributed by atoms with Crippen LogP contribution in [0.4, 0.5) is 0 Å². The summed E-state index contributed by atoms with van der Waals surface area (Å²) in [7, 11) is 0. The summed E-state index contributed by atoms with van der Waals surface area (Å²) in [5, 5.41) is 30.0. The van der Waals surface area contributed by atoms with E-state index in [0.717, 1.165) is 37.5 Å². The van der Waals surface area contributed by atoms with Crippen molar-refractivity contribution in [3.8, 4) is 0 Å².